The smallest absolute Gasteiger partial charge is 0.220 e. The molecule has 0 fully saturated rings. The zero-order valence-electron chi connectivity index (χ0n) is 10.7. The molecule has 1 heterocycles. The van der Waals surface area contributed by atoms with Crippen molar-refractivity contribution in [3.63, 3.8) is 0 Å². The van der Waals surface area contributed by atoms with Gasteiger partial charge in [-0.3, -0.25) is 4.79 Å². The van der Waals surface area contributed by atoms with Crippen LogP contribution in [0.3, 0.4) is 0 Å². The van der Waals surface area contributed by atoms with Crippen LogP contribution < -0.4 is 11.1 Å². The van der Waals surface area contributed by atoms with Gasteiger partial charge in [0, 0.05) is 25.4 Å². The van der Waals surface area contributed by atoms with Crippen molar-refractivity contribution in [1.82, 2.24) is 10.3 Å². The highest BCUT2D eigenvalue weighted by atomic mass is 16.1. The van der Waals surface area contributed by atoms with Crippen molar-refractivity contribution in [2.24, 2.45) is 17.6 Å². The third-order valence-electron chi connectivity index (χ3n) is 2.76. The molecule has 4 nitrogen and oxygen atoms in total. The minimum Gasteiger partial charge on any atom is -0.367 e. The zero-order chi connectivity index (χ0) is 12.7. The first-order valence-corrected chi connectivity index (χ1v) is 6.20. The van der Waals surface area contributed by atoms with E-state index < -0.39 is 0 Å². The molecular weight excluding hydrogens is 214 g/mol. The molecule has 17 heavy (non-hydrogen) atoms. The third kappa shape index (κ3) is 5.54. The lowest BCUT2D eigenvalue weighted by molar-refractivity contribution is -0.122. The summed E-state index contributed by atoms with van der Waals surface area (Å²) >= 11 is 0. The number of rotatable bonds is 7. The van der Waals surface area contributed by atoms with Crippen molar-refractivity contribution in [3.8, 4) is 0 Å². The van der Waals surface area contributed by atoms with E-state index in [-0.39, 0.29) is 5.91 Å². The lowest BCUT2D eigenvalue weighted by Crippen LogP contribution is -2.28. The fourth-order valence-corrected chi connectivity index (χ4v) is 1.93. The van der Waals surface area contributed by atoms with Crippen molar-refractivity contribution in [2.45, 2.75) is 33.2 Å². The molecular formula is C13H23N3O. The SMILES string of the molecule is CC(C)CC(CN)CC(=O)NCc1cc[nH]c1. The van der Waals surface area contributed by atoms with Crippen LogP contribution in [0.5, 0.6) is 0 Å². The molecule has 0 spiro atoms. The van der Waals surface area contributed by atoms with Crippen LogP contribution in [0.4, 0.5) is 0 Å². The first kappa shape index (κ1) is 13.8. The van der Waals surface area contributed by atoms with Crippen LogP contribution in [0.25, 0.3) is 0 Å². The molecule has 0 bridgehead atoms. The lowest BCUT2D eigenvalue weighted by atomic mass is 9.94. The summed E-state index contributed by atoms with van der Waals surface area (Å²) in [5.74, 6) is 0.963. The number of aromatic nitrogens is 1. The van der Waals surface area contributed by atoms with Crippen molar-refractivity contribution in [3.05, 3.63) is 24.0 Å². The average Bonchev–Trinajstić information content (AvgIpc) is 2.77. The molecule has 1 amide bonds. The number of carbonyl (C=O) groups is 1. The Kier molecular flexibility index (Phi) is 5.77. The summed E-state index contributed by atoms with van der Waals surface area (Å²) in [5, 5.41) is 2.91. The van der Waals surface area contributed by atoms with Gasteiger partial charge < -0.3 is 16.0 Å². The Morgan fingerprint density at radius 1 is 1.53 bits per heavy atom. The molecule has 0 aliphatic heterocycles. The Labute approximate surface area is 103 Å². The molecule has 96 valence electrons. The second-order valence-electron chi connectivity index (χ2n) is 4.93. The molecule has 4 N–H and O–H groups in total. The zero-order valence-corrected chi connectivity index (χ0v) is 10.7. The molecule has 0 aliphatic carbocycles. The van der Waals surface area contributed by atoms with E-state index in [9.17, 15) is 4.79 Å². The van der Waals surface area contributed by atoms with Gasteiger partial charge in [0.25, 0.3) is 0 Å². The molecule has 0 radical (unpaired) electrons. The van der Waals surface area contributed by atoms with Crippen LogP contribution in [-0.4, -0.2) is 17.4 Å². The number of carbonyl (C=O) groups excluding carboxylic acids is 1. The highest BCUT2D eigenvalue weighted by Crippen LogP contribution is 2.14. The third-order valence-corrected chi connectivity index (χ3v) is 2.76. The minimum absolute atomic E-state index is 0.0855. The number of aromatic amines is 1. The van der Waals surface area contributed by atoms with E-state index in [0.29, 0.717) is 31.3 Å². The molecule has 1 unspecified atom stereocenters. The Hall–Kier alpha value is -1.29. The first-order valence-electron chi connectivity index (χ1n) is 6.20. The molecule has 1 rings (SSSR count). The number of amides is 1. The van der Waals surface area contributed by atoms with E-state index in [1.54, 1.807) is 0 Å². The Morgan fingerprint density at radius 3 is 2.82 bits per heavy atom. The van der Waals surface area contributed by atoms with E-state index in [1.165, 1.54) is 0 Å². The second-order valence-corrected chi connectivity index (χ2v) is 4.93. The largest absolute Gasteiger partial charge is 0.367 e. The quantitative estimate of drug-likeness (QED) is 0.674. The maximum atomic E-state index is 11.7. The van der Waals surface area contributed by atoms with Crippen molar-refractivity contribution in [1.29, 1.82) is 0 Å². The highest BCUT2D eigenvalue weighted by Gasteiger charge is 2.13. The van der Waals surface area contributed by atoms with Gasteiger partial charge in [0.2, 0.25) is 5.91 Å². The van der Waals surface area contributed by atoms with Crippen LogP contribution in [0.1, 0.15) is 32.3 Å². The number of nitrogens with one attached hydrogen (secondary N) is 2. The molecule has 4 heteroatoms. The van der Waals surface area contributed by atoms with Crippen molar-refractivity contribution >= 4 is 5.91 Å². The van der Waals surface area contributed by atoms with Gasteiger partial charge in [-0.15, -0.1) is 0 Å². The van der Waals surface area contributed by atoms with E-state index in [2.05, 4.69) is 24.1 Å². The maximum absolute atomic E-state index is 11.7. The lowest BCUT2D eigenvalue weighted by Gasteiger charge is -2.16. The van der Waals surface area contributed by atoms with E-state index >= 15 is 0 Å². The molecule has 0 aromatic carbocycles. The van der Waals surface area contributed by atoms with Gasteiger partial charge in [0.05, 0.1) is 0 Å². The van der Waals surface area contributed by atoms with Crippen LogP contribution >= 0.6 is 0 Å². The highest BCUT2D eigenvalue weighted by molar-refractivity contribution is 5.76. The topological polar surface area (TPSA) is 70.9 Å². The van der Waals surface area contributed by atoms with Gasteiger partial charge in [-0.2, -0.15) is 0 Å². The van der Waals surface area contributed by atoms with Crippen LogP contribution in [0.15, 0.2) is 18.5 Å². The van der Waals surface area contributed by atoms with Gasteiger partial charge >= 0.3 is 0 Å². The maximum Gasteiger partial charge on any atom is 0.220 e. The van der Waals surface area contributed by atoms with Crippen LogP contribution in [-0.2, 0) is 11.3 Å². The molecule has 0 saturated carbocycles. The number of nitrogens with two attached hydrogens (primary N) is 1. The predicted molar refractivity (Wildman–Crippen MR) is 69.3 cm³/mol. The van der Waals surface area contributed by atoms with Gasteiger partial charge in [0.15, 0.2) is 0 Å². The summed E-state index contributed by atoms with van der Waals surface area (Å²) in [6, 6.07) is 1.95. The standard InChI is InChI=1S/C13H23N3O/c1-10(2)5-12(7-14)6-13(17)16-9-11-3-4-15-8-11/h3-4,8,10,12,15H,5-7,9,14H2,1-2H3,(H,16,17). The van der Waals surface area contributed by atoms with Crippen LogP contribution in [0, 0.1) is 11.8 Å². The minimum atomic E-state index is 0.0855. The van der Waals surface area contributed by atoms with Gasteiger partial charge in [-0.05, 0) is 36.4 Å². The molecule has 1 aromatic rings. The molecule has 0 aliphatic rings. The number of hydrogen-bond acceptors (Lipinski definition) is 2. The summed E-state index contributed by atoms with van der Waals surface area (Å²) in [6.45, 7) is 5.47. The molecule has 1 atom stereocenters. The Balaban J connectivity index is 2.27. The van der Waals surface area contributed by atoms with Gasteiger partial charge in [0.1, 0.15) is 0 Å². The fraction of sp³-hybridized carbons (Fsp3) is 0.615. The number of H-pyrrole nitrogens is 1. The van der Waals surface area contributed by atoms with Gasteiger partial charge in [-0.1, -0.05) is 13.8 Å². The fourth-order valence-electron chi connectivity index (χ4n) is 1.93. The molecule has 0 saturated heterocycles. The predicted octanol–water partition coefficient (Wildman–Crippen LogP) is 1.64. The first-order chi connectivity index (χ1) is 8.11. The number of hydrogen-bond donors (Lipinski definition) is 3. The van der Waals surface area contributed by atoms with Gasteiger partial charge in [-0.25, -0.2) is 0 Å². The Morgan fingerprint density at radius 2 is 2.29 bits per heavy atom. The van der Waals surface area contributed by atoms with Crippen molar-refractivity contribution in [2.75, 3.05) is 6.54 Å². The van der Waals surface area contributed by atoms with Crippen molar-refractivity contribution < 1.29 is 4.79 Å². The second kappa shape index (κ2) is 7.12. The summed E-state index contributed by atoms with van der Waals surface area (Å²) in [5.41, 5.74) is 6.76. The average molecular weight is 237 g/mol. The van der Waals surface area contributed by atoms with E-state index in [0.717, 1.165) is 12.0 Å². The summed E-state index contributed by atoms with van der Waals surface area (Å²) in [7, 11) is 0. The van der Waals surface area contributed by atoms with E-state index in [4.69, 9.17) is 5.73 Å². The monoisotopic (exact) mass is 237 g/mol. The summed E-state index contributed by atoms with van der Waals surface area (Å²) in [6.07, 6.45) is 5.27. The van der Waals surface area contributed by atoms with E-state index in [1.807, 2.05) is 18.5 Å². The molecule has 1 aromatic heterocycles. The Bertz CT molecular complexity index is 319. The summed E-state index contributed by atoms with van der Waals surface area (Å²) in [4.78, 5) is 14.7. The normalized spacial score (nSPS) is 12.7. The van der Waals surface area contributed by atoms with Crippen LogP contribution in [0.2, 0.25) is 0 Å². The summed E-state index contributed by atoms with van der Waals surface area (Å²) < 4.78 is 0.